The topological polar surface area (TPSA) is 52.9 Å². The van der Waals surface area contributed by atoms with Crippen LogP contribution in [0.5, 0.6) is 0 Å². The van der Waals surface area contributed by atoms with Crippen LogP contribution in [0.25, 0.3) is 0 Å². The minimum atomic E-state index is -0.915. The van der Waals surface area contributed by atoms with Crippen molar-refractivity contribution in [2.24, 2.45) is 0 Å². The van der Waals surface area contributed by atoms with Crippen molar-refractivity contribution in [3.05, 3.63) is 0 Å². The predicted molar refractivity (Wildman–Crippen MR) is 53.6 cm³/mol. The highest BCUT2D eigenvalue weighted by atomic mass is 16.6. The van der Waals surface area contributed by atoms with E-state index in [1.807, 2.05) is 27.7 Å². The Hall–Kier alpha value is -0.160. The van der Waals surface area contributed by atoms with Gasteiger partial charge in [0.2, 0.25) is 6.41 Å². The van der Waals surface area contributed by atoms with Gasteiger partial charge in [-0.1, -0.05) is 0 Å². The number of likely N-dealkylation sites (tertiary alicyclic amines) is 1. The van der Waals surface area contributed by atoms with E-state index >= 15 is 0 Å². The lowest BCUT2D eigenvalue weighted by Crippen LogP contribution is -2.43. The zero-order chi connectivity index (χ0) is 10.9. The van der Waals surface area contributed by atoms with Crippen LogP contribution in [-0.2, 0) is 4.74 Å². The lowest BCUT2D eigenvalue weighted by atomic mass is 10.2. The normalized spacial score (nSPS) is 32.1. The molecule has 1 aliphatic rings. The van der Waals surface area contributed by atoms with Gasteiger partial charge in [0.15, 0.2) is 0 Å². The summed E-state index contributed by atoms with van der Waals surface area (Å²) in [6, 6.07) is 0.169. The molecular formula is C10H21NO3. The van der Waals surface area contributed by atoms with E-state index in [0.29, 0.717) is 13.0 Å². The standard InChI is InChI=1S/C10H21NO3/c1-7-5-8(12)6-11(7)9(13)14-10(2,3)4/h7-9,12-13H,5-6H2,1-4H3/t7-,8+,9?/m0/s1. The van der Waals surface area contributed by atoms with Crippen LogP contribution in [0.1, 0.15) is 34.1 Å². The smallest absolute Gasteiger partial charge is 0.216 e. The fourth-order valence-corrected chi connectivity index (χ4v) is 1.72. The van der Waals surface area contributed by atoms with E-state index in [-0.39, 0.29) is 17.7 Å². The monoisotopic (exact) mass is 203 g/mol. The Bertz CT molecular complexity index is 190. The van der Waals surface area contributed by atoms with Gasteiger partial charge < -0.3 is 14.9 Å². The largest absolute Gasteiger partial charge is 0.392 e. The molecule has 2 N–H and O–H groups in total. The summed E-state index contributed by atoms with van der Waals surface area (Å²) in [5.74, 6) is 0. The van der Waals surface area contributed by atoms with Crippen LogP contribution in [0.4, 0.5) is 0 Å². The molecule has 84 valence electrons. The Morgan fingerprint density at radius 2 is 2.00 bits per heavy atom. The van der Waals surface area contributed by atoms with Crippen molar-refractivity contribution in [1.82, 2.24) is 4.90 Å². The molecule has 1 aliphatic heterocycles. The summed E-state index contributed by atoms with van der Waals surface area (Å²) in [6.45, 7) is 8.15. The highest BCUT2D eigenvalue weighted by Gasteiger charge is 2.34. The number of ether oxygens (including phenoxy) is 1. The zero-order valence-corrected chi connectivity index (χ0v) is 9.40. The Morgan fingerprint density at radius 1 is 1.43 bits per heavy atom. The highest BCUT2D eigenvalue weighted by molar-refractivity contribution is 4.82. The third-order valence-electron chi connectivity index (χ3n) is 2.34. The molecule has 0 amide bonds. The van der Waals surface area contributed by atoms with E-state index in [1.54, 1.807) is 4.90 Å². The molecule has 4 heteroatoms. The molecule has 1 heterocycles. The first-order valence-corrected chi connectivity index (χ1v) is 5.09. The Morgan fingerprint density at radius 3 is 2.36 bits per heavy atom. The molecule has 1 fully saturated rings. The summed E-state index contributed by atoms with van der Waals surface area (Å²) in [5.41, 5.74) is -0.368. The fourth-order valence-electron chi connectivity index (χ4n) is 1.72. The van der Waals surface area contributed by atoms with Crippen molar-refractivity contribution in [2.75, 3.05) is 6.54 Å². The van der Waals surface area contributed by atoms with Crippen molar-refractivity contribution < 1.29 is 14.9 Å². The van der Waals surface area contributed by atoms with Crippen molar-refractivity contribution in [3.8, 4) is 0 Å². The second kappa shape index (κ2) is 4.14. The summed E-state index contributed by atoms with van der Waals surface area (Å²) >= 11 is 0. The third-order valence-corrected chi connectivity index (χ3v) is 2.34. The van der Waals surface area contributed by atoms with E-state index in [0.717, 1.165) is 0 Å². The first-order valence-electron chi connectivity index (χ1n) is 5.09. The van der Waals surface area contributed by atoms with Gasteiger partial charge in [0.1, 0.15) is 0 Å². The highest BCUT2D eigenvalue weighted by Crippen LogP contribution is 2.22. The van der Waals surface area contributed by atoms with Crippen molar-refractivity contribution in [1.29, 1.82) is 0 Å². The number of aliphatic hydroxyl groups excluding tert-OH is 2. The molecule has 0 aliphatic carbocycles. The van der Waals surface area contributed by atoms with Crippen LogP contribution in [0.15, 0.2) is 0 Å². The zero-order valence-electron chi connectivity index (χ0n) is 9.40. The van der Waals surface area contributed by atoms with E-state index < -0.39 is 6.41 Å². The molecule has 14 heavy (non-hydrogen) atoms. The molecule has 0 saturated carbocycles. The first kappa shape index (κ1) is 11.9. The van der Waals surface area contributed by atoms with Crippen LogP contribution in [0.2, 0.25) is 0 Å². The van der Waals surface area contributed by atoms with Gasteiger partial charge in [-0.05, 0) is 34.1 Å². The van der Waals surface area contributed by atoms with Crippen LogP contribution in [-0.4, -0.2) is 45.8 Å². The Labute approximate surface area is 85.5 Å². The molecule has 4 nitrogen and oxygen atoms in total. The molecule has 0 aromatic carbocycles. The average molecular weight is 203 g/mol. The molecule has 0 aromatic rings. The number of aliphatic hydroxyl groups is 2. The maximum absolute atomic E-state index is 9.77. The lowest BCUT2D eigenvalue weighted by molar-refractivity contribution is -0.242. The van der Waals surface area contributed by atoms with Gasteiger partial charge in [-0.25, -0.2) is 4.90 Å². The summed E-state index contributed by atoms with van der Waals surface area (Å²) < 4.78 is 5.41. The number of nitrogens with zero attached hydrogens (tertiary/aromatic N) is 1. The van der Waals surface area contributed by atoms with Gasteiger partial charge in [-0.15, -0.1) is 0 Å². The minimum absolute atomic E-state index is 0.169. The van der Waals surface area contributed by atoms with E-state index in [9.17, 15) is 10.2 Å². The Balaban J connectivity index is 2.49. The van der Waals surface area contributed by atoms with Crippen molar-refractivity contribution in [3.63, 3.8) is 0 Å². The van der Waals surface area contributed by atoms with Crippen LogP contribution in [0, 0.1) is 0 Å². The number of hydrogen-bond donors (Lipinski definition) is 2. The van der Waals surface area contributed by atoms with Gasteiger partial charge in [0.05, 0.1) is 11.7 Å². The lowest BCUT2D eigenvalue weighted by Gasteiger charge is -2.32. The maximum atomic E-state index is 9.77. The first-order chi connectivity index (χ1) is 6.29. The number of β-amino-alcohol motifs (C(OH)–C–C–N with tert-alkyl or cyclic N) is 1. The van der Waals surface area contributed by atoms with Crippen molar-refractivity contribution >= 4 is 0 Å². The second-order valence-electron chi connectivity index (χ2n) is 4.99. The van der Waals surface area contributed by atoms with Crippen LogP contribution in [0.3, 0.4) is 0 Å². The molecule has 3 atom stereocenters. The van der Waals surface area contributed by atoms with E-state index in [1.165, 1.54) is 0 Å². The van der Waals surface area contributed by atoms with Crippen molar-refractivity contribution in [2.45, 2.75) is 58.3 Å². The molecule has 0 spiro atoms. The molecule has 0 aromatic heterocycles. The quantitative estimate of drug-likeness (QED) is 0.643. The minimum Gasteiger partial charge on any atom is -0.392 e. The summed E-state index contributed by atoms with van der Waals surface area (Å²) in [6.07, 6.45) is -0.560. The summed E-state index contributed by atoms with van der Waals surface area (Å²) in [5, 5.41) is 19.2. The van der Waals surface area contributed by atoms with Gasteiger partial charge >= 0.3 is 0 Å². The van der Waals surface area contributed by atoms with E-state index in [4.69, 9.17) is 4.74 Å². The number of rotatable bonds is 2. The third kappa shape index (κ3) is 3.20. The molecule has 0 radical (unpaired) electrons. The predicted octanol–water partition coefficient (Wildman–Crippen LogP) is 0.532. The van der Waals surface area contributed by atoms with Gasteiger partial charge in [0.25, 0.3) is 0 Å². The fraction of sp³-hybridized carbons (Fsp3) is 1.00. The average Bonchev–Trinajstić information content (AvgIpc) is 2.26. The Kier molecular flexibility index (Phi) is 3.53. The summed E-state index contributed by atoms with van der Waals surface area (Å²) in [7, 11) is 0. The molecule has 1 rings (SSSR count). The summed E-state index contributed by atoms with van der Waals surface area (Å²) in [4.78, 5) is 1.77. The number of hydrogen-bond acceptors (Lipinski definition) is 4. The molecule has 1 unspecified atom stereocenters. The van der Waals surface area contributed by atoms with Crippen LogP contribution >= 0.6 is 0 Å². The van der Waals surface area contributed by atoms with Crippen LogP contribution < -0.4 is 0 Å². The van der Waals surface area contributed by atoms with E-state index in [2.05, 4.69) is 0 Å². The van der Waals surface area contributed by atoms with Gasteiger partial charge in [-0.3, -0.25) is 0 Å². The van der Waals surface area contributed by atoms with Gasteiger partial charge in [0, 0.05) is 12.6 Å². The maximum Gasteiger partial charge on any atom is 0.216 e. The van der Waals surface area contributed by atoms with Gasteiger partial charge in [-0.2, -0.15) is 0 Å². The SMILES string of the molecule is C[C@H]1C[C@@H](O)CN1C(O)OC(C)(C)C. The molecular weight excluding hydrogens is 182 g/mol. The second-order valence-corrected chi connectivity index (χ2v) is 4.99. The molecule has 0 bridgehead atoms. The molecule has 1 saturated heterocycles.